The van der Waals surface area contributed by atoms with Crippen LogP contribution < -0.4 is 11.1 Å². The van der Waals surface area contributed by atoms with E-state index in [4.69, 9.17) is 5.73 Å². The summed E-state index contributed by atoms with van der Waals surface area (Å²) >= 11 is 0. The Morgan fingerprint density at radius 3 is 2.82 bits per heavy atom. The van der Waals surface area contributed by atoms with Crippen molar-refractivity contribution in [3.8, 4) is 0 Å². The van der Waals surface area contributed by atoms with Gasteiger partial charge in [-0.3, -0.25) is 5.10 Å². The van der Waals surface area contributed by atoms with E-state index in [0.717, 1.165) is 16.6 Å². The zero-order valence-electron chi connectivity index (χ0n) is 10.3. The van der Waals surface area contributed by atoms with Crippen molar-refractivity contribution in [3.05, 3.63) is 18.3 Å². The van der Waals surface area contributed by atoms with Gasteiger partial charge in [-0.1, -0.05) is 0 Å². The maximum Gasteiger partial charge on any atom is 0.0736 e. The number of hydrogen-bond acceptors (Lipinski definition) is 4. The number of nitrogen functional groups attached to an aromatic ring is 1. The molecule has 0 aliphatic carbocycles. The van der Waals surface area contributed by atoms with E-state index in [1.54, 1.807) is 13.1 Å². The normalized spacial score (nSPS) is 13.9. The van der Waals surface area contributed by atoms with Gasteiger partial charge in [-0.2, -0.15) is 5.10 Å². The first kappa shape index (κ1) is 11.7. The second kappa shape index (κ2) is 3.92. The summed E-state index contributed by atoms with van der Waals surface area (Å²) in [4.78, 5) is 0. The number of nitrogens with one attached hydrogen (secondary N) is 2. The minimum absolute atomic E-state index is 0.443. The monoisotopic (exact) mass is 234 g/mol. The fraction of sp³-hybridized carbons (Fsp3) is 0.417. The third-order valence-electron chi connectivity index (χ3n) is 3.11. The first-order valence-electron chi connectivity index (χ1n) is 5.59. The average molecular weight is 234 g/mol. The maximum absolute atomic E-state index is 9.68. The molecule has 0 amide bonds. The Morgan fingerprint density at radius 1 is 1.47 bits per heavy atom. The molecule has 1 atom stereocenters. The molecule has 0 aliphatic rings. The van der Waals surface area contributed by atoms with Crippen LogP contribution in [0.15, 0.2) is 18.3 Å². The summed E-state index contributed by atoms with van der Waals surface area (Å²) in [5.74, 6) is 0. The zero-order valence-corrected chi connectivity index (χ0v) is 10.3. The molecule has 17 heavy (non-hydrogen) atoms. The minimum Gasteiger partial charge on any atom is -0.397 e. The topological polar surface area (TPSA) is 87.0 Å². The molecule has 0 aliphatic heterocycles. The SMILES string of the molecule is CC(O)C(C)(C)Nc1cc2[nH]ncc2cc1N. The summed E-state index contributed by atoms with van der Waals surface area (Å²) in [5.41, 5.74) is 7.89. The number of aliphatic hydroxyl groups excluding tert-OH is 1. The molecule has 0 saturated heterocycles. The van der Waals surface area contributed by atoms with Crippen LogP contribution in [0.1, 0.15) is 20.8 Å². The highest BCUT2D eigenvalue weighted by Crippen LogP contribution is 2.28. The van der Waals surface area contributed by atoms with Crippen molar-refractivity contribution >= 4 is 22.3 Å². The molecule has 1 aromatic heterocycles. The smallest absolute Gasteiger partial charge is 0.0736 e. The third-order valence-corrected chi connectivity index (χ3v) is 3.11. The van der Waals surface area contributed by atoms with Gasteiger partial charge in [0.25, 0.3) is 0 Å². The molecule has 92 valence electrons. The molecule has 5 nitrogen and oxygen atoms in total. The number of fused-ring (bicyclic) bond motifs is 1. The van der Waals surface area contributed by atoms with E-state index in [0.29, 0.717) is 5.69 Å². The maximum atomic E-state index is 9.68. The number of aromatic nitrogens is 2. The lowest BCUT2D eigenvalue weighted by Gasteiger charge is -2.31. The van der Waals surface area contributed by atoms with Crippen molar-refractivity contribution in [1.82, 2.24) is 10.2 Å². The average Bonchev–Trinajstić information content (AvgIpc) is 2.64. The Kier molecular flexibility index (Phi) is 2.71. The molecule has 0 fully saturated rings. The molecule has 5 heteroatoms. The lowest BCUT2D eigenvalue weighted by atomic mass is 9.98. The van der Waals surface area contributed by atoms with Crippen LogP contribution in [0.5, 0.6) is 0 Å². The summed E-state index contributed by atoms with van der Waals surface area (Å²) in [6.07, 6.45) is 1.24. The first-order chi connectivity index (χ1) is 7.90. The van der Waals surface area contributed by atoms with Crippen LogP contribution in [0, 0.1) is 0 Å². The zero-order chi connectivity index (χ0) is 12.6. The molecule has 0 radical (unpaired) electrons. The fourth-order valence-corrected chi connectivity index (χ4v) is 1.57. The largest absolute Gasteiger partial charge is 0.397 e. The molecule has 0 spiro atoms. The van der Waals surface area contributed by atoms with Gasteiger partial charge in [0.05, 0.1) is 34.7 Å². The van der Waals surface area contributed by atoms with E-state index < -0.39 is 11.6 Å². The van der Waals surface area contributed by atoms with Crippen molar-refractivity contribution in [2.24, 2.45) is 0 Å². The summed E-state index contributed by atoms with van der Waals surface area (Å²) in [7, 11) is 0. The van der Waals surface area contributed by atoms with Gasteiger partial charge in [0.2, 0.25) is 0 Å². The molecule has 1 unspecified atom stereocenters. The standard InChI is InChI=1S/C12H18N4O/c1-7(17)12(2,3)15-11-5-10-8(4-9(11)13)6-14-16-10/h4-7,15,17H,13H2,1-3H3,(H,14,16). The number of rotatable bonds is 3. The summed E-state index contributed by atoms with van der Waals surface area (Å²) in [6, 6.07) is 3.76. The van der Waals surface area contributed by atoms with Gasteiger partial charge in [-0.25, -0.2) is 0 Å². The van der Waals surface area contributed by atoms with Crippen molar-refractivity contribution in [1.29, 1.82) is 0 Å². The van der Waals surface area contributed by atoms with Crippen molar-refractivity contribution in [2.75, 3.05) is 11.1 Å². The quantitative estimate of drug-likeness (QED) is 0.609. The number of nitrogens with two attached hydrogens (primary N) is 1. The Labute approximate surface area is 100 Å². The van der Waals surface area contributed by atoms with Crippen LogP contribution in [-0.2, 0) is 0 Å². The Morgan fingerprint density at radius 2 is 2.18 bits per heavy atom. The molecular weight excluding hydrogens is 216 g/mol. The Bertz CT molecular complexity index is 530. The molecule has 0 bridgehead atoms. The molecule has 1 heterocycles. The Hall–Kier alpha value is -1.75. The lowest BCUT2D eigenvalue weighted by molar-refractivity contribution is 0.133. The molecule has 0 saturated carbocycles. The Balaban J connectivity index is 2.38. The number of aromatic amines is 1. The number of anilines is 2. The number of benzene rings is 1. The summed E-state index contributed by atoms with van der Waals surface area (Å²) in [6.45, 7) is 5.60. The van der Waals surface area contributed by atoms with Crippen LogP contribution in [0.2, 0.25) is 0 Å². The van der Waals surface area contributed by atoms with E-state index in [1.165, 1.54) is 0 Å². The van der Waals surface area contributed by atoms with Crippen LogP contribution in [0.3, 0.4) is 0 Å². The first-order valence-corrected chi connectivity index (χ1v) is 5.59. The highest BCUT2D eigenvalue weighted by atomic mass is 16.3. The second-order valence-corrected chi connectivity index (χ2v) is 4.92. The highest BCUT2D eigenvalue weighted by Gasteiger charge is 2.24. The van der Waals surface area contributed by atoms with E-state index in [-0.39, 0.29) is 0 Å². The minimum atomic E-state index is -0.487. The van der Waals surface area contributed by atoms with Gasteiger partial charge in [0.15, 0.2) is 0 Å². The van der Waals surface area contributed by atoms with E-state index in [2.05, 4.69) is 15.5 Å². The van der Waals surface area contributed by atoms with Crippen molar-refractivity contribution in [2.45, 2.75) is 32.4 Å². The van der Waals surface area contributed by atoms with E-state index in [9.17, 15) is 5.11 Å². The van der Waals surface area contributed by atoms with Gasteiger partial charge >= 0.3 is 0 Å². The van der Waals surface area contributed by atoms with Gasteiger partial charge in [-0.05, 0) is 32.9 Å². The van der Waals surface area contributed by atoms with Gasteiger partial charge in [0.1, 0.15) is 0 Å². The highest BCUT2D eigenvalue weighted by molar-refractivity contribution is 5.88. The lowest BCUT2D eigenvalue weighted by Crippen LogP contribution is -2.42. The fourth-order valence-electron chi connectivity index (χ4n) is 1.57. The summed E-state index contributed by atoms with van der Waals surface area (Å²) in [5, 5.41) is 20.8. The van der Waals surface area contributed by atoms with Gasteiger partial charge in [0, 0.05) is 5.39 Å². The van der Waals surface area contributed by atoms with Gasteiger partial charge in [-0.15, -0.1) is 0 Å². The predicted octanol–water partition coefficient (Wildman–Crippen LogP) is 1.72. The second-order valence-electron chi connectivity index (χ2n) is 4.92. The van der Waals surface area contributed by atoms with Gasteiger partial charge < -0.3 is 16.2 Å². The molecule has 2 aromatic rings. The molecule has 5 N–H and O–H groups in total. The molecule has 1 aromatic carbocycles. The predicted molar refractivity (Wildman–Crippen MR) is 69.9 cm³/mol. The van der Waals surface area contributed by atoms with Crippen molar-refractivity contribution in [3.63, 3.8) is 0 Å². The van der Waals surface area contributed by atoms with Crippen LogP contribution in [0.4, 0.5) is 11.4 Å². The molecular formula is C12H18N4O. The van der Waals surface area contributed by atoms with Crippen molar-refractivity contribution < 1.29 is 5.11 Å². The molecule has 2 rings (SSSR count). The van der Waals surface area contributed by atoms with Crippen LogP contribution in [-0.4, -0.2) is 26.9 Å². The van der Waals surface area contributed by atoms with Crippen LogP contribution in [0.25, 0.3) is 10.9 Å². The number of hydrogen-bond donors (Lipinski definition) is 4. The van der Waals surface area contributed by atoms with E-state index in [1.807, 2.05) is 26.0 Å². The number of nitrogens with zero attached hydrogens (tertiary/aromatic N) is 1. The van der Waals surface area contributed by atoms with Crippen LogP contribution >= 0.6 is 0 Å². The third kappa shape index (κ3) is 2.19. The van der Waals surface area contributed by atoms with E-state index >= 15 is 0 Å². The summed E-state index contributed by atoms with van der Waals surface area (Å²) < 4.78 is 0. The number of aliphatic hydroxyl groups is 1. The number of H-pyrrole nitrogens is 1.